The summed E-state index contributed by atoms with van der Waals surface area (Å²) < 4.78 is 0. The van der Waals surface area contributed by atoms with Gasteiger partial charge in [-0.15, -0.1) is 0 Å². The van der Waals surface area contributed by atoms with Crippen molar-refractivity contribution in [3.8, 4) is 0 Å². The van der Waals surface area contributed by atoms with Crippen molar-refractivity contribution in [1.82, 2.24) is 0 Å². The van der Waals surface area contributed by atoms with Gasteiger partial charge < -0.3 is 10.0 Å². The summed E-state index contributed by atoms with van der Waals surface area (Å²) >= 11 is 5.83. The van der Waals surface area contributed by atoms with Crippen molar-refractivity contribution in [2.75, 3.05) is 0 Å². The molecule has 0 aromatic heterocycles. The summed E-state index contributed by atoms with van der Waals surface area (Å²) in [5.41, 5.74) is 0.499. The molecule has 0 unspecified atom stereocenters. The highest BCUT2D eigenvalue weighted by molar-refractivity contribution is 6.62. The fourth-order valence-corrected chi connectivity index (χ4v) is 1.69. The maximum absolute atomic E-state index is 9.11. The minimum atomic E-state index is -1.44. The molecule has 0 heterocycles. The first kappa shape index (κ1) is 9.53. The summed E-state index contributed by atoms with van der Waals surface area (Å²) in [5, 5.41) is 20.6. The predicted molar refractivity (Wildman–Crippen MR) is 58.8 cm³/mol. The summed E-state index contributed by atoms with van der Waals surface area (Å²) in [5.74, 6) is 0. The zero-order chi connectivity index (χ0) is 10.1. The summed E-state index contributed by atoms with van der Waals surface area (Å²) in [7, 11) is -1.44. The van der Waals surface area contributed by atoms with Crippen LogP contribution in [-0.4, -0.2) is 17.2 Å². The molecule has 2 rings (SSSR count). The summed E-state index contributed by atoms with van der Waals surface area (Å²) in [6.45, 7) is 0. The van der Waals surface area contributed by atoms with Gasteiger partial charge in [0.25, 0.3) is 0 Å². The van der Waals surface area contributed by atoms with Crippen molar-refractivity contribution < 1.29 is 10.0 Å². The molecule has 2 N–H and O–H groups in total. The summed E-state index contributed by atoms with van der Waals surface area (Å²) in [6, 6.07) is 10.6. The summed E-state index contributed by atoms with van der Waals surface area (Å²) in [6.07, 6.45) is 0. The summed E-state index contributed by atoms with van der Waals surface area (Å²) in [4.78, 5) is 0. The molecule has 2 aromatic carbocycles. The van der Waals surface area contributed by atoms with Crippen LogP contribution in [-0.2, 0) is 0 Å². The van der Waals surface area contributed by atoms with E-state index in [1.807, 2.05) is 6.07 Å². The first-order valence-corrected chi connectivity index (χ1v) is 4.60. The van der Waals surface area contributed by atoms with Crippen molar-refractivity contribution in [3.05, 3.63) is 41.4 Å². The third kappa shape index (κ3) is 1.62. The molecular weight excluding hydrogens is 198 g/mol. The van der Waals surface area contributed by atoms with Crippen LogP contribution in [0.1, 0.15) is 0 Å². The lowest BCUT2D eigenvalue weighted by Crippen LogP contribution is -2.30. The zero-order valence-electron chi connectivity index (χ0n) is 7.31. The molecule has 0 aliphatic carbocycles. The second kappa shape index (κ2) is 3.61. The van der Waals surface area contributed by atoms with Crippen molar-refractivity contribution in [3.63, 3.8) is 0 Å². The van der Waals surface area contributed by atoms with E-state index in [0.717, 1.165) is 10.8 Å². The molecule has 0 radical (unpaired) electrons. The number of hydrogen-bond donors (Lipinski definition) is 2. The molecule has 0 aliphatic heterocycles. The highest BCUT2D eigenvalue weighted by atomic mass is 35.5. The lowest BCUT2D eigenvalue weighted by Gasteiger charge is -2.05. The van der Waals surface area contributed by atoms with Crippen LogP contribution in [0.25, 0.3) is 10.8 Å². The van der Waals surface area contributed by atoms with Crippen molar-refractivity contribution in [1.29, 1.82) is 0 Å². The molecular formula is C10H8BClO2. The third-order valence-corrected chi connectivity index (χ3v) is 2.39. The van der Waals surface area contributed by atoms with Crippen molar-refractivity contribution in [2.45, 2.75) is 0 Å². The van der Waals surface area contributed by atoms with E-state index >= 15 is 0 Å². The lowest BCUT2D eigenvalue weighted by atomic mass is 9.77. The molecule has 0 aliphatic rings. The van der Waals surface area contributed by atoms with Gasteiger partial charge in [-0.3, -0.25) is 0 Å². The van der Waals surface area contributed by atoms with E-state index < -0.39 is 7.12 Å². The van der Waals surface area contributed by atoms with Crippen LogP contribution >= 0.6 is 11.6 Å². The molecule has 4 heteroatoms. The average molecular weight is 206 g/mol. The van der Waals surface area contributed by atoms with Gasteiger partial charge in [-0.2, -0.15) is 0 Å². The van der Waals surface area contributed by atoms with Crippen LogP contribution in [0.4, 0.5) is 0 Å². The standard InChI is InChI=1S/C10H8BClO2/c12-8-4-5-9-7(6-8)2-1-3-10(9)11(13)14/h1-6,13-14H. The first-order chi connectivity index (χ1) is 6.68. The maximum atomic E-state index is 9.11. The number of fused-ring (bicyclic) bond motifs is 1. The molecule has 0 amide bonds. The highest BCUT2D eigenvalue weighted by Gasteiger charge is 2.13. The Hall–Kier alpha value is -1.03. The Morgan fingerprint density at radius 2 is 1.86 bits per heavy atom. The zero-order valence-corrected chi connectivity index (χ0v) is 8.07. The van der Waals surface area contributed by atoms with Gasteiger partial charge >= 0.3 is 7.12 Å². The topological polar surface area (TPSA) is 40.5 Å². The number of benzene rings is 2. The quantitative estimate of drug-likeness (QED) is 0.688. The van der Waals surface area contributed by atoms with E-state index in [1.54, 1.807) is 30.3 Å². The fourth-order valence-electron chi connectivity index (χ4n) is 1.50. The number of halogens is 1. The number of hydrogen-bond acceptors (Lipinski definition) is 2. The molecule has 14 heavy (non-hydrogen) atoms. The molecule has 0 spiro atoms. The second-order valence-corrected chi connectivity index (χ2v) is 3.52. The Morgan fingerprint density at radius 3 is 2.57 bits per heavy atom. The van der Waals surface area contributed by atoms with Gasteiger partial charge in [0.2, 0.25) is 0 Å². The van der Waals surface area contributed by atoms with Crippen LogP contribution in [0.5, 0.6) is 0 Å². The monoisotopic (exact) mass is 206 g/mol. The van der Waals surface area contributed by atoms with Gasteiger partial charge in [-0.05, 0) is 28.4 Å². The lowest BCUT2D eigenvalue weighted by molar-refractivity contribution is 0.426. The van der Waals surface area contributed by atoms with E-state index in [9.17, 15) is 0 Å². The predicted octanol–water partition coefficient (Wildman–Crippen LogP) is 1.17. The Balaban J connectivity index is 2.75. The van der Waals surface area contributed by atoms with Crippen molar-refractivity contribution >= 4 is 35.0 Å². The molecule has 2 aromatic rings. The van der Waals surface area contributed by atoms with Crippen LogP contribution in [0.3, 0.4) is 0 Å². The van der Waals surface area contributed by atoms with E-state index in [0.29, 0.717) is 10.5 Å². The molecule has 0 saturated carbocycles. The van der Waals surface area contributed by atoms with Gasteiger partial charge in [0.05, 0.1) is 0 Å². The van der Waals surface area contributed by atoms with Gasteiger partial charge in [0.15, 0.2) is 0 Å². The van der Waals surface area contributed by atoms with Gasteiger partial charge in [-0.25, -0.2) is 0 Å². The molecule has 0 saturated heterocycles. The maximum Gasteiger partial charge on any atom is 0.489 e. The van der Waals surface area contributed by atoms with Crippen LogP contribution < -0.4 is 5.46 Å². The van der Waals surface area contributed by atoms with E-state index in [4.69, 9.17) is 21.6 Å². The van der Waals surface area contributed by atoms with Gasteiger partial charge in [0.1, 0.15) is 0 Å². The Kier molecular flexibility index (Phi) is 2.46. The van der Waals surface area contributed by atoms with Crippen LogP contribution in [0.15, 0.2) is 36.4 Å². The average Bonchev–Trinajstić information content (AvgIpc) is 2.16. The van der Waals surface area contributed by atoms with E-state index in [2.05, 4.69) is 0 Å². The minimum absolute atomic E-state index is 0.499. The van der Waals surface area contributed by atoms with Gasteiger partial charge in [-0.1, -0.05) is 35.9 Å². The first-order valence-electron chi connectivity index (χ1n) is 4.23. The largest absolute Gasteiger partial charge is 0.489 e. The SMILES string of the molecule is OB(O)c1cccc2cc(Cl)ccc12. The second-order valence-electron chi connectivity index (χ2n) is 3.09. The van der Waals surface area contributed by atoms with Crippen LogP contribution in [0.2, 0.25) is 5.02 Å². The smallest absolute Gasteiger partial charge is 0.423 e. The molecule has 2 nitrogen and oxygen atoms in total. The molecule has 0 bridgehead atoms. The Morgan fingerprint density at radius 1 is 1.07 bits per heavy atom. The number of rotatable bonds is 1. The normalized spacial score (nSPS) is 10.5. The Bertz CT molecular complexity index is 471. The molecule has 0 atom stereocenters. The molecule has 70 valence electrons. The van der Waals surface area contributed by atoms with E-state index in [1.165, 1.54) is 0 Å². The van der Waals surface area contributed by atoms with E-state index in [-0.39, 0.29) is 0 Å². The fraction of sp³-hybridized carbons (Fsp3) is 0. The Labute approximate surface area is 86.9 Å². The molecule has 0 fully saturated rings. The van der Waals surface area contributed by atoms with Gasteiger partial charge in [0, 0.05) is 5.02 Å². The third-order valence-electron chi connectivity index (χ3n) is 2.15. The van der Waals surface area contributed by atoms with Crippen molar-refractivity contribution in [2.24, 2.45) is 0 Å². The minimum Gasteiger partial charge on any atom is -0.423 e. The van der Waals surface area contributed by atoms with Crippen LogP contribution in [0, 0.1) is 0 Å². The highest BCUT2D eigenvalue weighted by Crippen LogP contribution is 2.17.